The van der Waals surface area contributed by atoms with Crippen LogP contribution in [0.25, 0.3) is 22.6 Å². The predicted octanol–water partition coefficient (Wildman–Crippen LogP) is 3.38. The van der Waals surface area contributed by atoms with Gasteiger partial charge in [-0.1, -0.05) is 30.3 Å². The summed E-state index contributed by atoms with van der Waals surface area (Å²) in [4.78, 5) is 11.9. The van der Waals surface area contributed by atoms with Gasteiger partial charge in [0, 0.05) is 18.4 Å². The molecule has 5 nitrogen and oxygen atoms in total. The SMILES string of the molecule is Cc1nnc(-c2cccc(-c3ccc4c(c3)CC(C(=O)CO)CC4)c2)o1. The van der Waals surface area contributed by atoms with Crippen LogP contribution in [0, 0.1) is 12.8 Å². The molecule has 0 spiro atoms. The van der Waals surface area contributed by atoms with Crippen LogP contribution in [0.15, 0.2) is 46.9 Å². The monoisotopic (exact) mass is 348 g/mol. The van der Waals surface area contributed by atoms with Crippen molar-refractivity contribution in [3.63, 3.8) is 0 Å². The Hall–Kier alpha value is -2.79. The van der Waals surface area contributed by atoms with Gasteiger partial charge in [-0.15, -0.1) is 10.2 Å². The minimum absolute atomic E-state index is 0.0604. The lowest BCUT2D eigenvalue weighted by atomic mass is 9.81. The number of aliphatic hydroxyl groups excluding tert-OH is 1. The molecule has 0 amide bonds. The fourth-order valence-corrected chi connectivity index (χ4v) is 3.59. The van der Waals surface area contributed by atoms with Gasteiger partial charge in [-0.2, -0.15) is 0 Å². The minimum atomic E-state index is -0.370. The number of aromatic nitrogens is 2. The van der Waals surface area contributed by atoms with Gasteiger partial charge in [-0.3, -0.25) is 4.79 Å². The third-order valence-corrected chi connectivity index (χ3v) is 5.01. The maximum absolute atomic E-state index is 11.9. The van der Waals surface area contributed by atoms with E-state index in [2.05, 4.69) is 28.4 Å². The van der Waals surface area contributed by atoms with Crippen LogP contribution < -0.4 is 0 Å². The largest absolute Gasteiger partial charge is 0.421 e. The first-order valence-corrected chi connectivity index (χ1v) is 8.80. The van der Waals surface area contributed by atoms with Crippen molar-refractivity contribution < 1.29 is 14.3 Å². The quantitative estimate of drug-likeness (QED) is 0.782. The molecule has 1 aliphatic carbocycles. The number of benzene rings is 2. The maximum Gasteiger partial charge on any atom is 0.247 e. The number of rotatable bonds is 4. The minimum Gasteiger partial charge on any atom is -0.421 e. The van der Waals surface area contributed by atoms with Crippen molar-refractivity contribution in [3.05, 3.63) is 59.5 Å². The Morgan fingerprint density at radius 2 is 1.92 bits per heavy atom. The van der Waals surface area contributed by atoms with Crippen molar-refractivity contribution in [1.82, 2.24) is 10.2 Å². The molecule has 5 heteroatoms. The Morgan fingerprint density at radius 3 is 2.69 bits per heavy atom. The first kappa shape index (κ1) is 16.7. The van der Waals surface area contributed by atoms with Gasteiger partial charge >= 0.3 is 0 Å². The Bertz CT molecular complexity index is 961. The molecule has 0 radical (unpaired) electrons. The highest BCUT2D eigenvalue weighted by Gasteiger charge is 2.24. The molecule has 132 valence electrons. The van der Waals surface area contributed by atoms with E-state index < -0.39 is 0 Å². The van der Waals surface area contributed by atoms with Gasteiger partial charge in [0.2, 0.25) is 11.8 Å². The molecule has 0 saturated carbocycles. The van der Waals surface area contributed by atoms with Crippen LogP contribution in [-0.4, -0.2) is 27.7 Å². The van der Waals surface area contributed by atoms with Gasteiger partial charge in [0.05, 0.1) is 0 Å². The predicted molar refractivity (Wildman–Crippen MR) is 97.5 cm³/mol. The van der Waals surface area contributed by atoms with Crippen LogP contribution in [0.2, 0.25) is 0 Å². The lowest BCUT2D eigenvalue weighted by Gasteiger charge is -2.23. The van der Waals surface area contributed by atoms with E-state index in [1.54, 1.807) is 6.92 Å². The molecule has 1 aliphatic rings. The zero-order valence-electron chi connectivity index (χ0n) is 14.6. The summed E-state index contributed by atoms with van der Waals surface area (Å²) in [6.07, 6.45) is 2.40. The van der Waals surface area contributed by atoms with E-state index in [1.165, 1.54) is 11.1 Å². The number of hydrogen-bond acceptors (Lipinski definition) is 5. The molecule has 0 aliphatic heterocycles. The Kier molecular flexibility index (Phi) is 4.39. The van der Waals surface area contributed by atoms with Gasteiger partial charge in [0.1, 0.15) is 6.61 Å². The zero-order chi connectivity index (χ0) is 18.1. The summed E-state index contributed by atoms with van der Waals surface area (Å²) in [6.45, 7) is 1.40. The van der Waals surface area contributed by atoms with E-state index in [9.17, 15) is 4.79 Å². The van der Waals surface area contributed by atoms with Gasteiger partial charge in [-0.05, 0) is 53.6 Å². The Morgan fingerprint density at radius 1 is 1.12 bits per heavy atom. The number of aryl methyl sites for hydroxylation is 2. The van der Waals surface area contributed by atoms with E-state index in [1.807, 2.05) is 24.3 Å². The van der Waals surface area contributed by atoms with Crippen molar-refractivity contribution in [2.75, 3.05) is 6.61 Å². The molecule has 4 rings (SSSR count). The molecule has 1 unspecified atom stereocenters. The number of nitrogens with zero attached hydrogens (tertiary/aromatic N) is 2. The van der Waals surface area contributed by atoms with Crippen LogP contribution >= 0.6 is 0 Å². The Balaban J connectivity index is 1.66. The topological polar surface area (TPSA) is 76.2 Å². The highest BCUT2D eigenvalue weighted by atomic mass is 16.4. The third-order valence-electron chi connectivity index (χ3n) is 5.01. The van der Waals surface area contributed by atoms with Gasteiger partial charge < -0.3 is 9.52 Å². The van der Waals surface area contributed by atoms with Gasteiger partial charge in [-0.25, -0.2) is 0 Å². The van der Waals surface area contributed by atoms with Crippen LogP contribution in [-0.2, 0) is 17.6 Å². The fourth-order valence-electron chi connectivity index (χ4n) is 3.59. The molecule has 1 N–H and O–H groups in total. The van der Waals surface area contributed by atoms with Crippen LogP contribution in [0.3, 0.4) is 0 Å². The van der Waals surface area contributed by atoms with Crippen LogP contribution in [0.1, 0.15) is 23.4 Å². The molecule has 1 heterocycles. The van der Waals surface area contributed by atoms with Gasteiger partial charge in [0.25, 0.3) is 0 Å². The van der Waals surface area contributed by atoms with Crippen molar-refractivity contribution in [2.24, 2.45) is 5.92 Å². The second kappa shape index (κ2) is 6.84. The fraction of sp³-hybridized carbons (Fsp3) is 0.286. The zero-order valence-corrected chi connectivity index (χ0v) is 14.6. The summed E-state index contributed by atoms with van der Waals surface area (Å²) in [5.41, 5.74) is 5.53. The van der Waals surface area contributed by atoms with Crippen molar-refractivity contribution in [2.45, 2.75) is 26.2 Å². The number of hydrogen-bond donors (Lipinski definition) is 1. The number of aliphatic hydroxyl groups is 1. The molecule has 0 bridgehead atoms. The molecule has 0 saturated heterocycles. The van der Waals surface area contributed by atoms with Crippen molar-refractivity contribution in [3.8, 4) is 22.6 Å². The van der Waals surface area contributed by atoms with Crippen LogP contribution in [0.5, 0.6) is 0 Å². The first-order chi connectivity index (χ1) is 12.6. The van der Waals surface area contributed by atoms with E-state index in [0.29, 0.717) is 18.2 Å². The first-order valence-electron chi connectivity index (χ1n) is 8.80. The normalized spacial score (nSPS) is 16.3. The summed E-state index contributed by atoms with van der Waals surface area (Å²) < 4.78 is 5.52. The lowest BCUT2D eigenvalue weighted by molar-refractivity contribution is -0.125. The average Bonchev–Trinajstić information content (AvgIpc) is 3.13. The highest BCUT2D eigenvalue weighted by molar-refractivity contribution is 5.82. The molecule has 1 aromatic heterocycles. The average molecular weight is 348 g/mol. The number of carbonyl (C=O) groups is 1. The maximum atomic E-state index is 11.9. The standard InChI is InChI=1S/C21H20N2O3/c1-13-22-23-21(26-13)18-4-2-3-15(9-18)16-7-5-14-6-8-17(20(25)12-24)11-19(14)10-16/h2-5,7,9-10,17,24H,6,8,11-12H2,1H3. The summed E-state index contributed by atoms with van der Waals surface area (Å²) in [7, 11) is 0. The molecular formula is C21H20N2O3. The molecule has 3 aromatic rings. The highest BCUT2D eigenvalue weighted by Crippen LogP contribution is 2.31. The van der Waals surface area contributed by atoms with E-state index in [-0.39, 0.29) is 18.3 Å². The van der Waals surface area contributed by atoms with Gasteiger partial charge in [0.15, 0.2) is 5.78 Å². The number of carbonyl (C=O) groups excluding carboxylic acids is 1. The second-order valence-electron chi connectivity index (χ2n) is 6.75. The molecular weight excluding hydrogens is 328 g/mol. The number of Topliss-reactive ketones (excluding diaryl/α,β-unsaturated/α-hetero) is 1. The van der Waals surface area contributed by atoms with E-state index in [4.69, 9.17) is 9.52 Å². The molecule has 1 atom stereocenters. The molecule has 26 heavy (non-hydrogen) atoms. The summed E-state index contributed by atoms with van der Waals surface area (Å²) >= 11 is 0. The Labute approximate surface area is 151 Å². The smallest absolute Gasteiger partial charge is 0.247 e. The summed E-state index contributed by atoms with van der Waals surface area (Å²) in [5, 5.41) is 17.1. The second-order valence-corrected chi connectivity index (χ2v) is 6.75. The summed E-state index contributed by atoms with van der Waals surface area (Å²) in [5.74, 6) is 0.917. The van der Waals surface area contributed by atoms with Crippen molar-refractivity contribution in [1.29, 1.82) is 0 Å². The van der Waals surface area contributed by atoms with E-state index in [0.717, 1.165) is 29.5 Å². The molecule has 0 fully saturated rings. The lowest BCUT2D eigenvalue weighted by Crippen LogP contribution is -2.24. The number of fused-ring (bicyclic) bond motifs is 1. The summed E-state index contributed by atoms with van der Waals surface area (Å²) in [6, 6.07) is 14.4. The number of ketones is 1. The van der Waals surface area contributed by atoms with Crippen LogP contribution in [0.4, 0.5) is 0 Å². The van der Waals surface area contributed by atoms with E-state index >= 15 is 0 Å². The molecule has 2 aromatic carbocycles. The van der Waals surface area contributed by atoms with Crippen molar-refractivity contribution >= 4 is 5.78 Å². The third kappa shape index (κ3) is 3.18.